The smallest absolute Gasteiger partial charge is 0.309 e. The van der Waals surface area contributed by atoms with Gasteiger partial charge in [0.25, 0.3) is 0 Å². The van der Waals surface area contributed by atoms with E-state index in [2.05, 4.69) is 16.0 Å². The summed E-state index contributed by atoms with van der Waals surface area (Å²) in [6.07, 6.45) is 3.74. The van der Waals surface area contributed by atoms with E-state index in [1.165, 1.54) is 6.07 Å². The van der Waals surface area contributed by atoms with Gasteiger partial charge in [0.1, 0.15) is 16.9 Å². The average Bonchev–Trinajstić information content (AvgIpc) is 3.45. The molecule has 2 aliphatic heterocycles. The molecule has 5 fully saturated rings. The zero-order valence-electron chi connectivity index (χ0n) is 24.4. The Bertz CT molecular complexity index is 1560. The van der Waals surface area contributed by atoms with Gasteiger partial charge in [-0.2, -0.15) is 0 Å². The number of hydrogen-bond acceptors (Lipinski definition) is 4. The number of alkyl halides is 1. The van der Waals surface area contributed by atoms with Gasteiger partial charge in [0.15, 0.2) is 0 Å². The second kappa shape index (κ2) is 9.87. The molecule has 2 bridgehead atoms. The van der Waals surface area contributed by atoms with Crippen molar-refractivity contribution in [2.45, 2.75) is 105 Å². The Morgan fingerprint density at radius 1 is 0.977 bits per heavy atom. The van der Waals surface area contributed by atoms with Crippen LogP contribution in [0, 0.1) is 11.2 Å². The predicted octanol–water partition coefficient (Wildman–Crippen LogP) is 6.41. The molecule has 8 rings (SSSR count). The van der Waals surface area contributed by atoms with Crippen LogP contribution in [0.3, 0.4) is 0 Å². The highest BCUT2D eigenvalue weighted by atomic mass is 35.5. The summed E-state index contributed by atoms with van der Waals surface area (Å²) in [4.78, 5) is 41.1. The molecule has 3 atom stereocenters. The number of rotatable bonds is 4. The molecule has 2 heterocycles. The molecule has 11 heteroatoms. The maximum absolute atomic E-state index is 16.1. The summed E-state index contributed by atoms with van der Waals surface area (Å²) in [5, 5.41) is 19.9. The molecule has 1 saturated heterocycles. The van der Waals surface area contributed by atoms with Crippen LogP contribution in [0.1, 0.15) is 88.2 Å². The third-order valence-corrected chi connectivity index (χ3v) is 12.4. The number of amides is 2. The van der Waals surface area contributed by atoms with E-state index in [1.807, 2.05) is 0 Å². The summed E-state index contributed by atoms with van der Waals surface area (Å²) in [7, 11) is 0. The van der Waals surface area contributed by atoms with Gasteiger partial charge in [-0.1, -0.05) is 41.4 Å². The molecule has 7 nitrogen and oxygen atoms in total. The van der Waals surface area contributed by atoms with Crippen molar-refractivity contribution in [3.8, 4) is 0 Å². The summed E-state index contributed by atoms with van der Waals surface area (Å²) in [6, 6.07) is 8.61. The van der Waals surface area contributed by atoms with Gasteiger partial charge in [-0.15, -0.1) is 0 Å². The number of carbonyl (C=O) groups excluding carboxylic acids is 2. The summed E-state index contributed by atoms with van der Waals surface area (Å²) < 4.78 is 31.5. The number of benzene rings is 2. The van der Waals surface area contributed by atoms with Gasteiger partial charge in [0.05, 0.1) is 16.5 Å². The second-order valence-corrected chi connectivity index (χ2v) is 14.9. The van der Waals surface area contributed by atoms with Gasteiger partial charge >= 0.3 is 5.97 Å². The van der Waals surface area contributed by atoms with Crippen molar-refractivity contribution >= 4 is 46.7 Å². The minimum atomic E-state index is -1.48. The van der Waals surface area contributed by atoms with E-state index in [1.54, 1.807) is 37.3 Å². The van der Waals surface area contributed by atoms with E-state index >= 15 is 8.78 Å². The van der Waals surface area contributed by atoms with Gasteiger partial charge in [-0.05, 0) is 100 Å². The molecule has 0 unspecified atom stereocenters. The van der Waals surface area contributed by atoms with Crippen LogP contribution in [0.15, 0.2) is 36.4 Å². The fourth-order valence-electron chi connectivity index (χ4n) is 9.29. The first-order chi connectivity index (χ1) is 20.8. The summed E-state index contributed by atoms with van der Waals surface area (Å²) in [5.41, 5.74) is -4.18. The molecule has 0 aromatic heterocycles. The van der Waals surface area contributed by atoms with Crippen LogP contribution in [0.5, 0.6) is 0 Å². The van der Waals surface area contributed by atoms with E-state index in [9.17, 15) is 19.5 Å². The number of carboxylic acids is 1. The topological polar surface area (TPSA) is 108 Å². The van der Waals surface area contributed by atoms with Gasteiger partial charge in [-0.25, -0.2) is 8.78 Å². The van der Waals surface area contributed by atoms with E-state index in [-0.39, 0.29) is 42.2 Å². The molecule has 0 radical (unpaired) electrons. The Kier molecular flexibility index (Phi) is 6.72. The Morgan fingerprint density at radius 3 is 2.27 bits per heavy atom. The molecule has 4 N–H and O–H groups in total. The summed E-state index contributed by atoms with van der Waals surface area (Å²) in [6.45, 7) is 1.55. The highest BCUT2D eigenvalue weighted by Crippen LogP contribution is 2.64. The zero-order valence-corrected chi connectivity index (χ0v) is 25.9. The monoisotopic (exact) mass is 645 g/mol. The number of nitrogens with one attached hydrogen (secondary N) is 3. The van der Waals surface area contributed by atoms with Gasteiger partial charge in [-0.3, -0.25) is 19.7 Å². The Hall–Kier alpha value is -2.75. The Morgan fingerprint density at radius 2 is 1.64 bits per heavy atom. The fourth-order valence-corrected chi connectivity index (χ4v) is 9.65. The first-order valence-corrected chi connectivity index (χ1v) is 16.1. The first-order valence-electron chi connectivity index (χ1n) is 15.3. The number of hydrogen-bond donors (Lipinski definition) is 4. The SMILES string of the molecule is CC1(F)CCC2(CC1)N[C@@H](C(=O)NC13CCC(C(=O)O)(CC1)CC3)[C@H](c1cccc(Cl)c1F)[C@]21C(=O)Nc2cc(Cl)ccc21. The number of carbonyl (C=O) groups is 3. The van der Waals surface area contributed by atoms with Crippen LogP contribution in [-0.2, 0) is 19.8 Å². The zero-order chi connectivity index (χ0) is 31.3. The molecule has 2 amide bonds. The van der Waals surface area contributed by atoms with Gasteiger partial charge < -0.3 is 15.7 Å². The lowest BCUT2D eigenvalue weighted by Crippen LogP contribution is -2.63. The number of fused-ring (bicyclic) bond motifs is 6. The largest absolute Gasteiger partial charge is 0.481 e. The Labute approximate surface area is 264 Å². The highest BCUT2D eigenvalue weighted by Gasteiger charge is 2.73. The molecule has 4 aliphatic carbocycles. The lowest BCUT2D eigenvalue weighted by atomic mass is 9.54. The van der Waals surface area contributed by atoms with Crippen molar-refractivity contribution in [2.75, 3.05) is 5.32 Å². The Balaban J connectivity index is 1.38. The second-order valence-electron chi connectivity index (χ2n) is 14.0. The molecule has 4 saturated carbocycles. The van der Waals surface area contributed by atoms with Crippen molar-refractivity contribution in [2.24, 2.45) is 5.41 Å². The average molecular weight is 647 g/mol. The van der Waals surface area contributed by atoms with Crippen LogP contribution in [0.4, 0.5) is 14.5 Å². The number of anilines is 1. The van der Waals surface area contributed by atoms with Crippen LogP contribution in [0.25, 0.3) is 0 Å². The maximum atomic E-state index is 16.1. The van der Waals surface area contributed by atoms with Crippen molar-refractivity contribution in [3.05, 3.63) is 63.4 Å². The van der Waals surface area contributed by atoms with E-state index in [0.29, 0.717) is 54.8 Å². The van der Waals surface area contributed by atoms with Crippen molar-refractivity contribution in [1.29, 1.82) is 0 Å². The maximum Gasteiger partial charge on any atom is 0.309 e. The van der Waals surface area contributed by atoms with Crippen LogP contribution in [-0.4, -0.2) is 45.7 Å². The van der Waals surface area contributed by atoms with E-state index in [0.717, 1.165) is 0 Å². The molecule has 234 valence electrons. The molecule has 6 aliphatic rings. The van der Waals surface area contributed by atoms with Gasteiger partial charge in [0.2, 0.25) is 11.8 Å². The first kappa shape index (κ1) is 29.9. The minimum absolute atomic E-state index is 0.128. The van der Waals surface area contributed by atoms with Crippen molar-refractivity contribution < 1.29 is 28.3 Å². The number of halogens is 4. The quantitative estimate of drug-likeness (QED) is 0.307. The summed E-state index contributed by atoms with van der Waals surface area (Å²) in [5.74, 6) is -3.33. The highest BCUT2D eigenvalue weighted by molar-refractivity contribution is 6.31. The molecule has 2 aromatic carbocycles. The predicted molar refractivity (Wildman–Crippen MR) is 162 cm³/mol. The molecular formula is C33H35Cl2F2N3O4. The minimum Gasteiger partial charge on any atom is -0.481 e. The normalized spacial score (nSPS) is 39.0. The molecule has 2 spiro atoms. The van der Waals surface area contributed by atoms with Crippen molar-refractivity contribution in [1.82, 2.24) is 10.6 Å². The van der Waals surface area contributed by atoms with Gasteiger partial charge in [0, 0.05) is 27.7 Å². The molecule has 44 heavy (non-hydrogen) atoms. The van der Waals surface area contributed by atoms with Crippen molar-refractivity contribution in [3.63, 3.8) is 0 Å². The number of carboxylic acid groups (broad SMARTS) is 1. The third-order valence-electron chi connectivity index (χ3n) is 11.8. The van der Waals surface area contributed by atoms with Crippen LogP contribution >= 0.6 is 23.2 Å². The number of aliphatic carboxylic acids is 1. The van der Waals surface area contributed by atoms with E-state index in [4.69, 9.17) is 23.2 Å². The molecule has 2 aromatic rings. The fraction of sp³-hybridized carbons (Fsp3) is 0.545. The molecular weight excluding hydrogens is 611 g/mol. The van der Waals surface area contributed by atoms with Crippen LogP contribution in [0.2, 0.25) is 10.0 Å². The lowest BCUT2D eigenvalue weighted by Gasteiger charge is -2.52. The standard InChI is InChI=1S/C33H35Cl2F2N3O4/c1-29(37)7-15-32(16-8-29)33(20-6-5-18(34)17-22(20)38-27(33)42)23(19-3-2-4-21(35)24(19)36)25(39-32)26(41)40-31-12-9-30(10-13-31,11-14-31)28(43)44/h2-6,17,23,25,39H,7-16H2,1H3,(H,38,42)(H,40,41)(H,43,44)/t23-,25+,29?,30?,31?,32?,33+/m0/s1. The van der Waals surface area contributed by atoms with E-state index < -0.39 is 57.2 Å². The van der Waals surface area contributed by atoms with Crippen LogP contribution < -0.4 is 16.0 Å². The lowest BCUT2D eigenvalue weighted by molar-refractivity contribution is -0.157. The third kappa shape index (κ3) is 4.11. The summed E-state index contributed by atoms with van der Waals surface area (Å²) >= 11 is 12.7.